The molecule has 0 atom stereocenters. The van der Waals surface area contributed by atoms with Crippen LogP contribution in [0.4, 0.5) is 13.2 Å². The standard InChI is InChI=1S/C15H19F3N6S/c16-15(17,18)14-20-7-11(25-14)9-23-4-1-10(2-5-23)13-22-21-12-8-19-3-6-24(12)13/h7,10,19H,1-6,8-9H2. The minimum Gasteiger partial charge on any atom is -0.312 e. The number of thiazole rings is 1. The van der Waals surface area contributed by atoms with Crippen LogP contribution in [0.2, 0.25) is 0 Å². The third-order valence-corrected chi connectivity index (χ3v) is 5.81. The van der Waals surface area contributed by atoms with Crippen molar-refractivity contribution in [2.24, 2.45) is 0 Å². The molecule has 1 N–H and O–H groups in total. The van der Waals surface area contributed by atoms with Crippen LogP contribution in [0, 0.1) is 0 Å². The van der Waals surface area contributed by atoms with Crippen molar-refractivity contribution in [3.05, 3.63) is 27.7 Å². The molecule has 0 spiro atoms. The molecule has 1 fully saturated rings. The second kappa shape index (κ2) is 6.65. The van der Waals surface area contributed by atoms with Gasteiger partial charge in [0, 0.05) is 36.6 Å². The molecule has 10 heteroatoms. The summed E-state index contributed by atoms with van der Waals surface area (Å²) < 4.78 is 40.1. The molecular formula is C15H19F3N6S. The highest BCUT2D eigenvalue weighted by Gasteiger charge is 2.35. The van der Waals surface area contributed by atoms with Gasteiger partial charge in [-0.15, -0.1) is 21.5 Å². The first-order valence-corrected chi connectivity index (χ1v) is 9.19. The van der Waals surface area contributed by atoms with Gasteiger partial charge < -0.3 is 9.88 Å². The summed E-state index contributed by atoms with van der Waals surface area (Å²) in [6.07, 6.45) is -1.09. The van der Waals surface area contributed by atoms with E-state index < -0.39 is 11.2 Å². The van der Waals surface area contributed by atoms with E-state index in [0.29, 0.717) is 17.3 Å². The molecule has 0 amide bonds. The molecular weight excluding hydrogens is 353 g/mol. The van der Waals surface area contributed by atoms with Gasteiger partial charge in [0.2, 0.25) is 0 Å². The Morgan fingerprint density at radius 3 is 2.72 bits per heavy atom. The minimum atomic E-state index is -4.35. The lowest BCUT2D eigenvalue weighted by molar-refractivity contribution is -0.137. The first-order chi connectivity index (χ1) is 12.0. The quantitative estimate of drug-likeness (QED) is 0.896. The Morgan fingerprint density at radius 1 is 1.20 bits per heavy atom. The van der Waals surface area contributed by atoms with E-state index in [4.69, 9.17) is 0 Å². The van der Waals surface area contributed by atoms with Crippen LogP contribution in [0.3, 0.4) is 0 Å². The average molecular weight is 372 g/mol. The van der Waals surface area contributed by atoms with Crippen molar-refractivity contribution >= 4 is 11.3 Å². The van der Waals surface area contributed by atoms with Crippen molar-refractivity contribution in [1.29, 1.82) is 0 Å². The molecule has 0 aliphatic carbocycles. The van der Waals surface area contributed by atoms with Gasteiger partial charge in [-0.1, -0.05) is 0 Å². The molecule has 2 aromatic rings. The van der Waals surface area contributed by atoms with Crippen molar-refractivity contribution in [3.63, 3.8) is 0 Å². The Bertz CT molecular complexity index is 732. The van der Waals surface area contributed by atoms with E-state index >= 15 is 0 Å². The molecule has 2 aromatic heterocycles. The highest BCUT2D eigenvalue weighted by Crippen LogP contribution is 2.34. The summed E-state index contributed by atoms with van der Waals surface area (Å²) in [5.74, 6) is 2.43. The summed E-state index contributed by atoms with van der Waals surface area (Å²) in [6.45, 7) is 4.83. The van der Waals surface area contributed by atoms with Crippen LogP contribution < -0.4 is 5.32 Å². The van der Waals surface area contributed by atoms with Crippen LogP contribution in [0.1, 0.15) is 40.3 Å². The van der Waals surface area contributed by atoms with Crippen molar-refractivity contribution in [2.45, 2.75) is 44.6 Å². The van der Waals surface area contributed by atoms with Gasteiger partial charge in [-0.05, 0) is 25.9 Å². The Hall–Kier alpha value is -1.52. The van der Waals surface area contributed by atoms with E-state index in [1.807, 2.05) is 0 Å². The molecule has 0 radical (unpaired) electrons. The van der Waals surface area contributed by atoms with E-state index in [-0.39, 0.29) is 0 Å². The normalized spacial score (nSPS) is 20.0. The molecule has 4 rings (SSSR count). The molecule has 0 aromatic carbocycles. The SMILES string of the molecule is FC(F)(F)c1ncc(CN2CCC(c3nnc4n3CCNC4)CC2)s1. The van der Waals surface area contributed by atoms with Gasteiger partial charge in [-0.2, -0.15) is 13.2 Å². The lowest BCUT2D eigenvalue weighted by Crippen LogP contribution is -2.34. The summed E-state index contributed by atoms with van der Waals surface area (Å²) in [7, 11) is 0. The maximum Gasteiger partial charge on any atom is 0.443 e. The maximum atomic E-state index is 12.6. The number of aromatic nitrogens is 4. The number of likely N-dealkylation sites (tertiary alicyclic amines) is 1. The lowest BCUT2D eigenvalue weighted by Gasteiger charge is -2.31. The maximum absolute atomic E-state index is 12.6. The highest BCUT2D eigenvalue weighted by molar-refractivity contribution is 7.11. The van der Waals surface area contributed by atoms with Crippen molar-refractivity contribution < 1.29 is 13.2 Å². The lowest BCUT2D eigenvalue weighted by atomic mass is 9.95. The molecule has 0 saturated carbocycles. The topological polar surface area (TPSA) is 58.9 Å². The summed E-state index contributed by atoms with van der Waals surface area (Å²) in [6, 6.07) is 0. The first-order valence-electron chi connectivity index (χ1n) is 8.37. The molecule has 1 saturated heterocycles. The molecule has 136 valence electrons. The molecule has 2 aliphatic heterocycles. The van der Waals surface area contributed by atoms with Crippen LogP contribution in [0.25, 0.3) is 0 Å². The third-order valence-electron chi connectivity index (χ3n) is 4.78. The second-order valence-corrected chi connectivity index (χ2v) is 7.60. The van der Waals surface area contributed by atoms with Gasteiger partial charge >= 0.3 is 6.18 Å². The Kier molecular flexibility index (Phi) is 4.50. The zero-order chi connectivity index (χ0) is 17.4. The third kappa shape index (κ3) is 3.56. The molecule has 2 aliphatic rings. The average Bonchev–Trinajstić information content (AvgIpc) is 3.22. The predicted molar refractivity (Wildman–Crippen MR) is 86.1 cm³/mol. The van der Waals surface area contributed by atoms with E-state index in [0.717, 1.165) is 68.6 Å². The van der Waals surface area contributed by atoms with Gasteiger partial charge in [0.1, 0.15) is 11.6 Å². The van der Waals surface area contributed by atoms with Gasteiger partial charge in [0.25, 0.3) is 0 Å². The van der Waals surface area contributed by atoms with Gasteiger partial charge in [-0.3, -0.25) is 4.90 Å². The Labute approximate surface area is 147 Å². The van der Waals surface area contributed by atoms with Crippen LogP contribution in [0.5, 0.6) is 0 Å². The number of halogens is 3. The zero-order valence-corrected chi connectivity index (χ0v) is 14.4. The zero-order valence-electron chi connectivity index (χ0n) is 13.6. The van der Waals surface area contributed by atoms with Crippen molar-refractivity contribution in [1.82, 2.24) is 30.0 Å². The number of hydrogen-bond acceptors (Lipinski definition) is 6. The number of alkyl halides is 3. The summed E-state index contributed by atoms with van der Waals surface area (Å²) in [5, 5.41) is 11.2. The van der Waals surface area contributed by atoms with E-state index in [2.05, 4.69) is 30.0 Å². The Balaban J connectivity index is 1.36. The van der Waals surface area contributed by atoms with E-state index in [9.17, 15) is 13.2 Å². The van der Waals surface area contributed by atoms with E-state index in [1.54, 1.807) is 0 Å². The fourth-order valence-corrected chi connectivity index (χ4v) is 4.32. The van der Waals surface area contributed by atoms with E-state index in [1.165, 1.54) is 6.20 Å². The molecule has 6 nitrogen and oxygen atoms in total. The molecule has 25 heavy (non-hydrogen) atoms. The fourth-order valence-electron chi connectivity index (χ4n) is 3.50. The summed E-state index contributed by atoms with van der Waals surface area (Å²) >= 11 is 0.739. The smallest absolute Gasteiger partial charge is 0.312 e. The number of rotatable bonds is 3. The van der Waals surface area contributed by atoms with Gasteiger partial charge in [0.05, 0.1) is 6.54 Å². The van der Waals surface area contributed by atoms with Crippen molar-refractivity contribution in [3.8, 4) is 0 Å². The highest BCUT2D eigenvalue weighted by atomic mass is 32.1. The van der Waals surface area contributed by atoms with Crippen LogP contribution in [-0.4, -0.2) is 44.3 Å². The summed E-state index contributed by atoms with van der Waals surface area (Å²) in [4.78, 5) is 6.35. The predicted octanol–water partition coefficient (Wildman–Crippen LogP) is 2.24. The summed E-state index contributed by atoms with van der Waals surface area (Å²) in [5.41, 5.74) is 0. The monoisotopic (exact) mass is 372 g/mol. The van der Waals surface area contributed by atoms with Crippen molar-refractivity contribution in [2.75, 3.05) is 19.6 Å². The number of fused-ring (bicyclic) bond motifs is 1. The number of nitrogens with one attached hydrogen (secondary N) is 1. The number of piperidine rings is 1. The van der Waals surface area contributed by atoms with Crippen LogP contribution >= 0.6 is 11.3 Å². The molecule has 4 heterocycles. The van der Waals surface area contributed by atoms with Crippen LogP contribution in [-0.2, 0) is 25.8 Å². The number of nitrogens with zero attached hydrogens (tertiary/aromatic N) is 5. The van der Waals surface area contributed by atoms with Gasteiger partial charge in [-0.25, -0.2) is 4.98 Å². The second-order valence-electron chi connectivity index (χ2n) is 6.48. The fraction of sp³-hybridized carbons (Fsp3) is 0.667. The Morgan fingerprint density at radius 2 is 2.00 bits per heavy atom. The largest absolute Gasteiger partial charge is 0.443 e. The van der Waals surface area contributed by atoms with Crippen LogP contribution in [0.15, 0.2) is 6.20 Å². The number of hydrogen-bond donors (Lipinski definition) is 1. The van der Waals surface area contributed by atoms with Gasteiger partial charge in [0.15, 0.2) is 5.01 Å². The molecule has 0 bridgehead atoms. The molecule has 0 unspecified atom stereocenters. The first kappa shape index (κ1) is 16.9. The minimum absolute atomic E-state index is 0.378.